The van der Waals surface area contributed by atoms with Crippen molar-refractivity contribution in [2.75, 3.05) is 19.0 Å². The van der Waals surface area contributed by atoms with Gasteiger partial charge in [-0.25, -0.2) is 0 Å². The number of aryl methyl sites for hydroxylation is 1. The van der Waals surface area contributed by atoms with E-state index in [4.69, 9.17) is 4.74 Å². The van der Waals surface area contributed by atoms with E-state index in [9.17, 15) is 4.79 Å². The first kappa shape index (κ1) is 15.4. The molecule has 24 heavy (non-hydrogen) atoms. The van der Waals surface area contributed by atoms with Gasteiger partial charge in [0.1, 0.15) is 0 Å². The lowest BCUT2D eigenvalue weighted by Gasteiger charge is -2.26. The standard InChI is InChI=1S/C19H23N3O2/c1-24-10-9-22-13-15(12-20-22)21-18(23)17-11-19(17)8-4-6-14-5-2-3-7-16(14)19/h2-3,5,7,12-13,17H,4,6,8-11H2,1H3,(H,21,23)/t17-,19+/m0/s1. The predicted octanol–water partition coefficient (Wildman–Crippen LogP) is 2.76. The average molecular weight is 325 g/mol. The van der Waals surface area contributed by atoms with Crippen LogP contribution in [0.3, 0.4) is 0 Å². The van der Waals surface area contributed by atoms with Crippen LogP contribution in [-0.2, 0) is 27.9 Å². The summed E-state index contributed by atoms with van der Waals surface area (Å²) >= 11 is 0. The highest BCUT2D eigenvalue weighted by molar-refractivity contribution is 5.96. The monoisotopic (exact) mass is 325 g/mol. The van der Waals surface area contributed by atoms with Gasteiger partial charge in [-0.1, -0.05) is 24.3 Å². The third kappa shape index (κ3) is 2.63. The maximum Gasteiger partial charge on any atom is 0.228 e. The van der Waals surface area contributed by atoms with E-state index in [0.29, 0.717) is 13.2 Å². The number of fused-ring (bicyclic) bond motifs is 2. The molecule has 0 aliphatic heterocycles. The first-order valence-electron chi connectivity index (χ1n) is 8.63. The maximum atomic E-state index is 12.7. The number of nitrogens with one attached hydrogen (secondary N) is 1. The predicted molar refractivity (Wildman–Crippen MR) is 91.9 cm³/mol. The molecule has 2 aromatic rings. The number of hydrogen-bond acceptors (Lipinski definition) is 3. The lowest BCUT2D eigenvalue weighted by atomic mass is 9.78. The Morgan fingerprint density at radius 2 is 2.33 bits per heavy atom. The smallest absolute Gasteiger partial charge is 0.228 e. The third-order valence-electron chi connectivity index (χ3n) is 5.44. The fourth-order valence-corrected chi connectivity index (χ4v) is 4.14. The molecule has 1 spiro atoms. The lowest BCUT2D eigenvalue weighted by Crippen LogP contribution is -2.24. The second-order valence-corrected chi connectivity index (χ2v) is 6.90. The average Bonchev–Trinajstić information content (AvgIpc) is 3.14. The Labute approximate surface area is 142 Å². The number of hydrogen-bond donors (Lipinski definition) is 1. The van der Waals surface area contributed by atoms with Crippen molar-refractivity contribution in [3.8, 4) is 0 Å². The molecule has 1 fully saturated rings. The Morgan fingerprint density at radius 1 is 1.46 bits per heavy atom. The Morgan fingerprint density at radius 3 is 3.21 bits per heavy atom. The minimum Gasteiger partial charge on any atom is -0.383 e. The minimum atomic E-state index is 0.0744. The quantitative estimate of drug-likeness (QED) is 0.919. The largest absolute Gasteiger partial charge is 0.383 e. The van der Waals surface area contributed by atoms with Crippen LogP contribution in [0.5, 0.6) is 0 Å². The maximum absolute atomic E-state index is 12.7. The number of aromatic nitrogens is 2. The van der Waals surface area contributed by atoms with Crippen molar-refractivity contribution in [3.05, 3.63) is 47.8 Å². The molecule has 0 unspecified atom stereocenters. The van der Waals surface area contributed by atoms with Gasteiger partial charge in [-0.3, -0.25) is 9.48 Å². The molecule has 1 heterocycles. The third-order valence-corrected chi connectivity index (χ3v) is 5.44. The number of carbonyl (C=O) groups excluding carboxylic acids is 1. The molecule has 2 aliphatic rings. The molecule has 1 aromatic heterocycles. The number of anilines is 1. The molecular weight excluding hydrogens is 302 g/mol. The summed E-state index contributed by atoms with van der Waals surface area (Å²) < 4.78 is 6.83. The van der Waals surface area contributed by atoms with Crippen molar-refractivity contribution in [1.82, 2.24) is 9.78 Å². The number of nitrogens with zero attached hydrogens (tertiary/aromatic N) is 2. The van der Waals surface area contributed by atoms with Crippen molar-refractivity contribution in [3.63, 3.8) is 0 Å². The van der Waals surface area contributed by atoms with Crippen molar-refractivity contribution in [1.29, 1.82) is 0 Å². The van der Waals surface area contributed by atoms with Crippen LogP contribution < -0.4 is 5.32 Å². The molecule has 5 nitrogen and oxygen atoms in total. The van der Waals surface area contributed by atoms with Gasteiger partial charge >= 0.3 is 0 Å². The van der Waals surface area contributed by atoms with E-state index >= 15 is 0 Å². The number of carbonyl (C=O) groups is 1. The van der Waals surface area contributed by atoms with Gasteiger partial charge in [0.25, 0.3) is 0 Å². The fraction of sp³-hybridized carbons (Fsp3) is 0.474. The van der Waals surface area contributed by atoms with Gasteiger partial charge in [0.05, 0.1) is 25.0 Å². The molecule has 5 heteroatoms. The van der Waals surface area contributed by atoms with Crippen LogP contribution in [0.1, 0.15) is 30.4 Å². The van der Waals surface area contributed by atoms with Crippen molar-refractivity contribution in [2.45, 2.75) is 37.6 Å². The molecule has 0 bridgehead atoms. The van der Waals surface area contributed by atoms with Gasteiger partial charge in [-0.15, -0.1) is 0 Å². The number of amides is 1. The van der Waals surface area contributed by atoms with Crippen molar-refractivity contribution in [2.24, 2.45) is 5.92 Å². The summed E-state index contributed by atoms with van der Waals surface area (Å²) in [6, 6.07) is 8.62. The normalized spacial score (nSPS) is 24.6. The van der Waals surface area contributed by atoms with E-state index in [1.54, 1.807) is 18.0 Å². The first-order chi connectivity index (χ1) is 11.7. The minimum absolute atomic E-state index is 0.0744. The Bertz CT molecular complexity index is 755. The number of methoxy groups -OCH3 is 1. The van der Waals surface area contributed by atoms with Gasteiger partial charge in [0.15, 0.2) is 0 Å². The molecule has 2 atom stereocenters. The highest BCUT2D eigenvalue weighted by atomic mass is 16.5. The summed E-state index contributed by atoms with van der Waals surface area (Å²) in [5.74, 6) is 0.208. The zero-order valence-corrected chi connectivity index (χ0v) is 14.0. The van der Waals surface area contributed by atoms with Crippen molar-refractivity contribution < 1.29 is 9.53 Å². The van der Waals surface area contributed by atoms with E-state index in [-0.39, 0.29) is 17.2 Å². The fourth-order valence-electron chi connectivity index (χ4n) is 4.14. The Hall–Kier alpha value is -2.14. The van der Waals surface area contributed by atoms with Crippen LogP contribution in [0, 0.1) is 5.92 Å². The topological polar surface area (TPSA) is 56.1 Å². The number of rotatable bonds is 5. The molecule has 0 saturated heterocycles. The summed E-state index contributed by atoms with van der Waals surface area (Å²) in [4.78, 5) is 12.7. The molecule has 126 valence electrons. The van der Waals surface area contributed by atoms with E-state index in [2.05, 4.69) is 34.7 Å². The summed E-state index contributed by atoms with van der Waals surface area (Å²) in [7, 11) is 1.67. The molecule has 1 saturated carbocycles. The molecule has 1 aromatic carbocycles. The summed E-state index contributed by atoms with van der Waals surface area (Å²) in [6.45, 7) is 1.30. The molecule has 0 radical (unpaired) electrons. The molecule has 4 rings (SSSR count). The van der Waals surface area contributed by atoms with Gasteiger partial charge in [0.2, 0.25) is 5.91 Å². The first-order valence-corrected chi connectivity index (χ1v) is 8.63. The van der Waals surface area contributed by atoms with Crippen LogP contribution in [-0.4, -0.2) is 29.4 Å². The Kier molecular flexibility index (Phi) is 3.88. The molecular formula is C19H23N3O2. The number of benzene rings is 1. The molecule has 1 N–H and O–H groups in total. The van der Waals surface area contributed by atoms with Crippen LogP contribution >= 0.6 is 0 Å². The summed E-state index contributed by atoms with van der Waals surface area (Å²) in [5, 5.41) is 7.29. The van der Waals surface area contributed by atoms with Crippen LogP contribution in [0.4, 0.5) is 5.69 Å². The second-order valence-electron chi connectivity index (χ2n) is 6.90. The van der Waals surface area contributed by atoms with Crippen LogP contribution in [0.25, 0.3) is 0 Å². The van der Waals surface area contributed by atoms with E-state index in [0.717, 1.165) is 24.9 Å². The summed E-state index contributed by atoms with van der Waals surface area (Å²) in [5.41, 5.74) is 3.66. The lowest BCUT2D eigenvalue weighted by molar-refractivity contribution is -0.117. The van der Waals surface area contributed by atoms with Crippen LogP contribution in [0.2, 0.25) is 0 Å². The SMILES string of the molecule is COCCn1cc(NC(=O)[C@@H]2C[C@@]23CCCc2ccccc23)cn1. The van der Waals surface area contributed by atoms with Gasteiger partial charge in [0, 0.05) is 24.6 Å². The zero-order chi connectivity index (χ0) is 16.6. The highest BCUT2D eigenvalue weighted by Gasteiger charge is 2.60. The summed E-state index contributed by atoms with van der Waals surface area (Å²) in [6.07, 6.45) is 7.97. The molecule has 2 aliphatic carbocycles. The Balaban J connectivity index is 1.45. The zero-order valence-electron chi connectivity index (χ0n) is 14.0. The highest BCUT2D eigenvalue weighted by Crippen LogP contribution is 2.60. The van der Waals surface area contributed by atoms with Crippen LogP contribution in [0.15, 0.2) is 36.7 Å². The van der Waals surface area contributed by atoms with E-state index in [1.165, 1.54) is 17.5 Å². The van der Waals surface area contributed by atoms with E-state index in [1.807, 2.05) is 6.20 Å². The van der Waals surface area contributed by atoms with Gasteiger partial charge < -0.3 is 10.1 Å². The van der Waals surface area contributed by atoms with Gasteiger partial charge in [-0.2, -0.15) is 5.10 Å². The second kappa shape index (κ2) is 6.06. The molecule has 1 amide bonds. The van der Waals surface area contributed by atoms with Crippen molar-refractivity contribution >= 4 is 11.6 Å². The van der Waals surface area contributed by atoms with Gasteiger partial charge in [-0.05, 0) is 36.8 Å². The van der Waals surface area contributed by atoms with E-state index < -0.39 is 0 Å². The number of ether oxygens (including phenoxy) is 1.